The van der Waals surface area contributed by atoms with Crippen molar-refractivity contribution in [1.82, 2.24) is 25.7 Å². The predicted molar refractivity (Wildman–Crippen MR) is 149 cm³/mol. The molecule has 4 rings (SSSR count). The topological polar surface area (TPSA) is 149 Å². The Morgan fingerprint density at radius 3 is 2.59 bits per heavy atom. The number of anilines is 4. The van der Waals surface area contributed by atoms with E-state index in [9.17, 15) is 9.18 Å². The number of aromatic nitrogens is 3. The Labute approximate surface area is 226 Å². The van der Waals surface area contributed by atoms with E-state index in [4.69, 9.17) is 10.2 Å². The molecule has 0 bridgehead atoms. The molecule has 11 nitrogen and oxygen atoms in total. The summed E-state index contributed by atoms with van der Waals surface area (Å²) in [5.74, 6) is 0.411. The number of halogens is 1. The Kier molecular flexibility index (Phi) is 8.77. The van der Waals surface area contributed by atoms with Gasteiger partial charge in [-0.05, 0) is 57.7 Å². The lowest BCUT2D eigenvalue weighted by atomic mass is 10.0. The van der Waals surface area contributed by atoms with Crippen LogP contribution in [-0.4, -0.2) is 45.7 Å². The number of hydrogen-bond donors (Lipinski definition) is 5. The van der Waals surface area contributed by atoms with Crippen LogP contribution in [0.3, 0.4) is 0 Å². The van der Waals surface area contributed by atoms with Crippen LogP contribution in [0.4, 0.5) is 27.4 Å². The average Bonchev–Trinajstić information content (AvgIpc) is 3.71. The second-order valence-electron chi connectivity index (χ2n) is 9.05. The van der Waals surface area contributed by atoms with Crippen LogP contribution in [0.5, 0.6) is 0 Å². The Morgan fingerprint density at radius 1 is 1.10 bits per heavy atom. The molecule has 0 radical (unpaired) electrons. The summed E-state index contributed by atoms with van der Waals surface area (Å²) in [6.07, 6.45) is 5.52. The number of aliphatic imine (C=N–C) groups is 1. The number of pyridine rings is 1. The molecule has 1 saturated carbocycles. The fraction of sp³-hybridized carbons (Fsp3) is 0.333. The fourth-order valence-electron chi connectivity index (χ4n) is 3.93. The Hall–Kier alpha value is -4.45. The van der Waals surface area contributed by atoms with Gasteiger partial charge in [0.2, 0.25) is 0 Å². The van der Waals surface area contributed by atoms with Crippen LogP contribution in [0, 0.1) is 25.1 Å². The van der Waals surface area contributed by atoms with Crippen molar-refractivity contribution >= 4 is 41.1 Å². The number of nitrogens with one attached hydrogen (secondary N) is 5. The van der Waals surface area contributed by atoms with E-state index in [1.54, 1.807) is 26.0 Å². The monoisotopic (exact) mass is 533 g/mol. The first-order valence-electron chi connectivity index (χ1n) is 12.8. The molecule has 0 spiro atoms. The number of amides is 1. The van der Waals surface area contributed by atoms with Crippen LogP contribution >= 0.6 is 0 Å². The van der Waals surface area contributed by atoms with E-state index < -0.39 is 11.7 Å². The zero-order chi connectivity index (χ0) is 27.9. The van der Waals surface area contributed by atoms with E-state index in [0.717, 1.165) is 18.5 Å². The maximum absolute atomic E-state index is 14.8. The van der Waals surface area contributed by atoms with E-state index in [-0.39, 0.29) is 18.0 Å². The first kappa shape index (κ1) is 27.6. The minimum Gasteiger partial charge on any atom is -0.373 e. The molecule has 0 aliphatic heterocycles. The van der Waals surface area contributed by atoms with Gasteiger partial charge in [0.15, 0.2) is 5.84 Å². The van der Waals surface area contributed by atoms with Gasteiger partial charge in [-0.25, -0.2) is 29.8 Å². The standard InChI is InChI=1S/C27H32FN9O2/c1-5-19-20(26(29)32-14-31-18-7-8-18)10-17(28)11-22(19)35-23-12-24(30-13-21(23)27(38)37-39-6-2)36-25-9-15(3)33-16(4)34-25/h9-14,18H,5-8H2,1-4H3,(H,37,38)(H2,29,31,32)(H2,30,33,34,35,36). The maximum Gasteiger partial charge on any atom is 0.278 e. The summed E-state index contributed by atoms with van der Waals surface area (Å²) in [5.41, 5.74) is 5.12. The largest absolute Gasteiger partial charge is 0.373 e. The lowest BCUT2D eigenvalue weighted by Gasteiger charge is -2.18. The fourth-order valence-corrected chi connectivity index (χ4v) is 3.93. The van der Waals surface area contributed by atoms with Gasteiger partial charge in [-0.3, -0.25) is 15.0 Å². The Bertz CT molecular complexity index is 1390. The van der Waals surface area contributed by atoms with Crippen LogP contribution in [0.2, 0.25) is 0 Å². The number of benzene rings is 1. The normalized spacial score (nSPS) is 12.8. The number of carbonyl (C=O) groups is 1. The maximum atomic E-state index is 14.8. The van der Waals surface area contributed by atoms with Crippen LogP contribution in [0.1, 0.15) is 59.7 Å². The third-order valence-electron chi connectivity index (χ3n) is 5.85. The summed E-state index contributed by atoms with van der Waals surface area (Å²) >= 11 is 0. The van der Waals surface area contributed by atoms with Crippen molar-refractivity contribution in [3.63, 3.8) is 0 Å². The quantitative estimate of drug-likeness (QED) is 0.138. The summed E-state index contributed by atoms with van der Waals surface area (Å²) in [6.45, 7) is 7.58. The van der Waals surface area contributed by atoms with Crippen molar-refractivity contribution in [3.8, 4) is 0 Å². The average molecular weight is 534 g/mol. The molecule has 1 aromatic carbocycles. The summed E-state index contributed by atoms with van der Waals surface area (Å²) in [6, 6.07) is 6.42. The van der Waals surface area contributed by atoms with Crippen LogP contribution in [0.15, 0.2) is 35.5 Å². The highest BCUT2D eigenvalue weighted by atomic mass is 19.1. The van der Waals surface area contributed by atoms with Crippen LogP contribution in [0.25, 0.3) is 0 Å². The van der Waals surface area contributed by atoms with Gasteiger partial charge in [-0.2, -0.15) is 0 Å². The van der Waals surface area contributed by atoms with Gasteiger partial charge in [0.05, 0.1) is 24.2 Å². The molecule has 0 atom stereocenters. The molecule has 1 amide bonds. The molecule has 1 aliphatic rings. The van der Waals surface area contributed by atoms with Gasteiger partial charge in [0, 0.05) is 41.3 Å². The van der Waals surface area contributed by atoms with Gasteiger partial charge in [0.25, 0.3) is 5.91 Å². The molecule has 1 fully saturated rings. The van der Waals surface area contributed by atoms with Crippen LogP contribution < -0.4 is 21.4 Å². The van der Waals surface area contributed by atoms with Gasteiger partial charge < -0.3 is 16.0 Å². The molecular formula is C27H32FN9O2. The van der Waals surface area contributed by atoms with Crippen molar-refractivity contribution in [1.29, 1.82) is 5.41 Å². The summed E-state index contributed by atoms with van der Waals surface area (Å²) in [5, 5.41) is 17.9. The number of hydrogen-bond acceptors (Lipinski definition) is 8. The zero-order valence-corrected chi connectivity index (χ0v) is 22.4. The third-order valence-corrected chi connectivity index (χ3v) is 5.85. The number of amidine groups is 1. The minimum absolute atomic E-state index is 0.0663. The van der Waals surface area contributed by atoms with E-state index in [1.807, 2.05) is 13.8 Å². The third kappa shape index (κ3) is 7.32. The molecule has 2 heterocycles. The predicted octanol–water partition coefficient (Wildman–Crippen LogP) is 4.46. The highest BCUT2D eigenvalue weighted by Crippen LogP contribution is 2.30. The van der Waals surface area contributed by atoms with E-state index >= 15 is 0 Å². The van der Waals surface area contributed by atoms with Crippen LogP contribution in [-0.2, 0) is 11.3 Å². The smallest absolute Gasteiger partial charge is 0.278 e. The second-order valence-corrected chi connectivity index (χ2v) is 9.05. The lowest BCUT2D eigenvalue weighted by molar-refractivity contribution is 0.0365. The lowest BCUT2D eigenvalue weighted by Crippen LogP contribution is -2.24. The molecule has 204 valence electrons. The van der Waals surface area contributed by atoms with Gasteiger partial charge >= 0.3 is 0 Å². The molecule has 0 saturated heterocycles. The first-order valence-corrected chi connectivity index (χ1v) is 12.8. The highest BCUT2D eigenvalue weighted by Gasteiger charge is 2.20. The van der Waals surface area contributed by atoms with Crippen molar-refractivity contribution < 1.29 is 14.0 Å². The molecule has 5 N–H and O–H groups in total. The number of nitrogens with zero attached hydrogens (tertiary/aromatic N) is 4. The minimum atomic E-state index is -0.542. The van der Waals surface area contributed by atoms with E-state index in [2.05, 4.69) is 41.4 Å². The van der Waals surface area contributed by atoms with Crippen molar-refractivity contribution in [2.45, 2.75) is 53.0 Å². The van der Waals surface area contributed by atoms with E-state index in [1.165, 1.54) is 24.7 Å². The molecule has 12 heteroatoms. The van der Waals surface area contributed by atoms with Crippen molar-refractivity contribution in [2.24, 2.45) is 4.99 Å². The van der Waals surface area contributed by atoms with Gasteiger partial charge in [-0.1, -0.05) is 6.92 Å². The summed E-state index contributed by atoms with van der Waals surface area (Å²) in [7, 11) is 0. The van der Waals surface area contributed by atoms with Gasteiger partial charge in [-0.15, -0.1) is 0 Å². The van der Waals surface area contributed by atoms with Crippen molar-refractivity contribution in [2.75, 3.05) is 17.2 Å². The number of rotatable bonds is 11. The number of carbonyl (C=O) groups excluding carboxylic acids is 1. The Morgan fingerprint density at radius 2 is 1.90 bits per heavy atom. The SMILES string of the molecule is CCONC(=O)c1cnc(Nc2cc(C)nc(C)n2)cc1Nc1cc(F)cc(C(=N)/N=C\NC2CC2)c1CC. The van der Waals surface area contributed by atoms with E-state index in [0.29, 0.717) is 52.4 Å². The number of hydroxylamine groups is 1. The summed E-state index contributed by atoms with van der Waals surface area (Å²) in [4.78, 5) is 35.1. The summed E-state index contributed by atoms with van der Waals surface area (Å²) < 4.78 is 14.8. The zero-order valence-electron chi connectivity index (χ0n) is 22.4. The molecule has 1 aliphatic carbocycles. The first-order chi connectivity index (χ1) is 18.8. The Balaban J connectivity index is 1.70. The molecule has 39 heavy (non-hydrogen) atoms. The highest BCUT2D eigenvalue weighted by molar-refractivity contribution is 6.04. The molecule has 2 aromatic heterocycles. The molecular weight excluding hydrogens is 501 g/mol. The molecule has 0 unspecified atom stereocenters. The van der Waals surface area contributed by atoms with Crippen molar-refractivity contribution in [3.05, 3.63) is 64.5 Å². The van der Waals surface area contributed by atoms with Gasteiger partial charge in [0.1, 0.15) is 23.3 Å². The number of aryl methyl sites for hydroxylation is 2. The second kappa shape index (κ2) is 12.4. The molecule has 3 aromatic rings.